The molecule has 0 radical (unpaired) electrons. The molecule has 1 aromatic rings. The SMILES string of the molecule is COC(=O)CCNC(=O)C1(n2cccn2)CCNCC1.Cl. The maximum atomic E-state index is 12.5. The van der Waals surface area contributed by atoms with E-state index in [-0.39, 0.29) is 37.2 Å². The molecule has 118 valence electrons. The van der Waals surface area contributed by atoms with Gasteiger partial charge in [0.25, 0.3) is 0 Å². The van der Waals surface area contributed by atoms with Gasteiger partial charge in [-0.25, -0.2) is 0 Å². The molecule has 1 aliphatic rings. The van der Waals surface area contributed by atoms with E-state index in [4.69, 9.17) is 0 Å². The molecule has 0 saturated carbocycles. The molecular formula is C13H21ClN4O3. The lowest BCUT2D eigenvalue weighted by atomic mass is 9.87. The first-order chi connectivity index (χ1) is 9.69. The molecule has 1 aliphatic heterocycles. The average molecular weight is 317 g/mol. The van der Waals surface area contributed by atoms with Crippen LogP contribution in [0.5, 0.6) is 0 Å². The predicted octanol–water partition coefficient (Wildman–Crippen LogP) is 0.0629. The number of hydrogen-bond donors (Lipinski definition) is 2. The van der Waals surface area contributed by atoms with Crippen LogP contribution in [0.2, 0.25) is 0 Å². The minimum Gasteiger partial charge on any atom is -0.469 e. The third kappa shape index (κ3) is 3.95. The van der Waals surface area contributed by atoms with Crippen molar-refractivity contribution in [1.29, 1.82) is 0 Å². The zero-order chi connectivity index (χ0) is 14.4. The lowest BCUT2D eigenvalue weighted by Gasteiger charge is -2.36. The molecular weight excluding hydrogens is 296 g/mol. The molecule has 21 heavy (non-hydrogen) atoms. The third-order valence-electron chi connectivity index (χ3n) is 3.64. The highest BCUT2D eigenvalue weighted by Crippen LogP contribution is 2.27. The van der Waals surface area contributed by atoms with Gasteiger partial charge in [-0.05, 0) is 32.0 Å². The first kappa shape index (κ1) is 17.5. The molecule has 0 spiro atoms. The smallest absolute Gasteiger partial charge is 0.307 e. The van der Waals surface area contributed by atoms with Crippen molar-refractivity contribution in [3.05, 3.63) is 18.5 Å². The molecule has 1 saturated heterocycles. The summed E-state index contributed by atoms with van der Waals surface area (Å²) in [5, 5.41) is 10.3. The van der Waals surface area contributed by atoms with Crippen LogP contribution >= 0.6 is 12.4 Å². The fourth-order valence-corrected chi connectivity index (χ4v) is 2.47. The van der Waals surface area contributed by atoms with Crippen molar-refractivity contribution in [1.82, 2.24) is 20.4 Å². The second-order valence-electron chi connectivity index (χ2n) is 4.81. The minimum absolute atomic E-state index is 0. The number of nitrogens with zero attached hydrogens (tertiary/aromatic N) is 2. The average Bonchev–Trinajstić information content (AvgIpc) is 3.02. The lowest BCUT2D eigenvalue weighted by molar-refractivity contribution is -0.140. The minimum atomic E-state index is -0.662. The standard InChI is InChI=1S/C13H20N4O3.ClH/c1-20-11(18)3-7-15-12(19)13(4-8-14-9-5-13)17-10-2-6-16-17;/h2,6,10,14H,3-5,7-9H2,1H3,(H,15,19);1H. The number of esters is 1. The van der Waals surface area contributed by atoms with Crippen molar-refractivity contribution in [2.24, 2.45) is 0 Å². The van der Waals surface area contributed by atoms with Gasteiger partial charge in [-0.3, -0.25) is 14.3 Å². The van der Waals surface area contributed by atoms with Crippen molar-refractivity contribution in [2.45, 2.75) is 24.8 Å². The Kier molecular flexibility index (Phi) is 6.64. The normalized spacial score (nSPS) is 16.6. The zero-order valence-electron chi connectivity index (χ0n) is 12.0. The molecule has 0 atom stereocenters. The first-order valence-electron chi connectivity index (χ1n) is 6.75. The van der Waals surface area contributed by atoms with Gasteiger partial charge in [-0.15, -0.1) is 12.4 Å². The Bertz CT molecular complexity index is 458. The fraction of sp³-hybridized carbons (Fsp3) is 0.615. The van der Waals surface area contributed by atoms with Crippen molar-refractivity contribution < 1.29 is 14.3 Å². The van der Waals surface area contributed by atoms with Gasteiger partial charge < -0.3 is 15.4 Å². The van der Waals surface area contributed by atoms with E-state index < -0.39 is 5.54 Å². The molecule has 0 aromatic carbocycles. The summed E-state index contributed by atoms with van der Waals surface area (Å²) in [6, 6.07) is 1.81. The number of nitrogens with one attached hydrogen (secondary N) is 2. The number of methoxy groups -OCH3 is 1. The van der Waals surface area contributed by atoms with Gasteiger partial charge in [0.1, 0.15) is 5.54 Å². The topological polar surface area (TPSA) is 85.2 Å². The number of rotatable bonds is 5. The molecule has 1 amide bonds. The summed E-state index contributed by atoms with van der Waals surface area (Å²) in [4.78, 5) is 23.6. The summed E-state index contributed by atoms with van der Waals surface area (Å²) in [6.45, 7) is 1.82. The molecule has 7 nitrogen and oxygen atoms in total. The molecule has 2 heterocycles. The molecule has 2 rings (SSSR count). The molecule has 2 N–H and O–H groups in total. The fourth-order valence-electron chi connectivity index (χ4n) is 2.47. The second kappa shape index (κ2) is 7.99. The van der Waals surface area contributed by atoms with Gasteiger partial charge in [0.15, 0.2) is 0 Å². The Hall–Kier alpha value is -1.60. The van der Waals surface area contributed by atoms with Gasteiger partial charge in [0, 0.05) is 18.9 Å². The number of hydrogen-bond acceptors (Lipinski definition) is 5. The van der Waals surface area contributed by atoms with Gasteiger partial charge in [0.2, 0.25) is 5.91 Å². The molecule has 0 bridgehead atoms. The van der Waals surface area contributed by atoms with Gasteiger partial charge in [-0.1, -0.05) is 0 Å². The van der Waals surface area contributed by atoms with Crippen LogP contribution in [0.25, 0.3) is 0 Å². The Morgan fingerprint density at radius 2 is 2.14 bits per heavy atom. The van der Waals surface area contributed by atoms with E-state index in [1.165, 1.54) is 7.11 Å². The second-order valence-corrected chi connectivity index (χ2v) is 4.81. The highest BCUT2D eigenvalue weighted by molar-refractivity contribution is 5.85. The quantitative estimate of drug-likeness (QED) is 0.751. The van der Waals surface area contributed by atoms with E-state index in [0.717, 1.165) is 13.1 Å². The summed E-state index contributed by atoms with van der Waals surface area (Å²) in [7, 11) is 1.34. The van der Waals surface area contributed by atoms with Gasteiger partial charge in [0.05, 0.1) is 13.5 Å². The van der Waals surface area contributed by atoms with E-state index in [2.05, 4.69) is 20.5 Å². The van der Waals surface area contributed by atoms with Crippen molar-refractivity contribution >= 4 is 24.3 Å². The Balaban J connectivity index is 0.00000220. The Labute approximate surface area is 129 Å². The van der Waals surface area contributed by atoms with Crippen molar-refractivity contribution in [3.63, 3.8) is 0 Å². The number of piperidine rings is 1. The first-order valence-corrected chi connectivity index (χ1v) is 6.75. The van der Waals surface area contributed by atoms with Crippen LogP contribution in [0.1, 0.15) is 19.3 Å². The van der Waals surface area contributed by atoms with Crippen LogP contribution in [-0.4, -0.2) is 48.4 Å². The molecule has 1 aromatic heterocycles. The van der Waals surface area contributed by atoms with E-state index in [0.29, 0.717) is 12.8 Å². The number of aromatic nitrogens is 2. The zero-order valence-corrected chi connectivity index (χ0v) is 12.8. The summed E-state index contributed by atoms with van der Waals surface area (Å²) in [6.07, 6.45) is 5.02. The van der Waals surface area contributed by atoms with E-state index in [1.54, 1.807) is 10.9 Å². The van der Waals surface area contributed by atoms with E-state index in [9.17, 15) is 9.59 Å². The van der Waals surface area contributed by atoms with Gasteiger partial charge in [-0.2, -0.15) is 5.10 Å². The van der Waals surface area contributed by atoms with Gasteiger partial charge >= 0.3 is 5.97 Å². The molecule has 8 heteroatoms. The van der Waals surface area contributed by atoms with E-state index in [1.807, 2.05) is 12.3 Å². The highest BCUT2D eigenvalue weighted by Gasteiger charge is 2.41. The van der Waals surface area contributed by atoms with Crippen LogP contribution in [-0.2, 0) is 19.9 Å². The van der Waals surface area contributed by atoms with Crippen molar-refractivity contribution in [3.8, 4) is 0 Å². The molecule has 0 aliphatic carbocycles. The van der Waals surface area contributed by atoms with Crippen LogP contribution < -0.4 is 10.6 Å². The Morgan fingerprint density at radius 3 is 2.71 bits per heavy atom. The maximum Gasteiger partial charge on any atom is 0.307 e. The number of carbonyl (C=O) groups excluding carboxylic acids is 2. The number of ether oxygens (including phenoxy) is 1. The molecule has 0 unspecified atom stereocenters. The van der Waals surface area contributed by atoms with E-state index >= 15 is 0 Å². The number of carbonyl (C=O) groups is 2. The predicted molar refractivity (Wildman–Crippen MR) is 79.2 cm³/mol. The number of halogens is 1. The Morgan fingerprint density at radius 1 is 1.43 bits per heavy atom. The largest absolute Gasteiger partial charge is 0.469 e. The summed E-state index contributed by atoms with van der Waals surface area (Å²) in [5.41, 5.74) is -0.662. The lowest BCUT2D eigenvalue weighted by Crippen LogP contribution is -2.54. The summed E-state index contributed by atoms with van der Waals surface area (Å²) < 4.78 is 6.28. The van der Waals surface area contributed by atoms with Crippen LogP contribution in [0.15, 0.2) is 18.5 Å². The van der Waals surface area contributed by atoms with Crippen LogP contribution in [0, 0.1) is 0 Å². The third-order valence-corrected chi connectivity index (χ3v) is 3.64. The summed E-state index contributed by atoms with van der Waals surface area (Å²) >= 11 is 0. The number of amides is 1. The van der Waals surface area contributed by atoms with Crippen molar-refractivity contribution in [2.75, 3.05) is 26.7 Å². The van der Waals surface area contributed by atoms with Crippen LogP contribution in [0.3, 0.4) is 0 Å². The molecule has 1 fully saturated rings. The monoisotopic (exact) mass is 316 g/mol. The maximum absolute atomic E-state index is 12.5. The highest BCUT2D eigenvalue weighted by atomic mass is 35.5. The van der Waals surface area contributed by atoms with Crippen LogP contribution in [0.4, 0.5) is 0 Å². The summed E-state index contributed by atoms with van der Waals surface area (Å²) in [5.74, 6) is -0.421.